The third-order valence-corrected chi connectivity index (χ3v) is 6.11. The molecule has 0 atom stereocenters. The summed E-state index contributed by atoms with van der Waals surface area (Å²) >= 11 is 0. The smallest absolute Gasteiger partial charge is 0.255 e. The van der Waals surface area contributed by atoms with E-state index >= 15 is 0 Å². The highest BCUT2D eigenvalue weighted by Gasteiger charge is 2.27. The Labute approximate surface area is 164 Å². The number of carbonyl (C=O) groups is 1. The Morgan fingerprint density at radius 2 is 1.39 bits per heavy atom. The number of carbonyl (C=O) groups excluding carboxylic acids is 1. The monoisotopic (exact) mass is 392 g/mol. The van der Waals surface area contributed by atoms with Crippen LogP contribution in [-0.4, -0.2) is 20.4 Å². The molecule has 0 bridgehead atoms. The number of hydrogen-bond donors (Lipinski definition) is 2. The molecule has 1 amide bonds. The van der Waals surface area contributed by atoms with Crippen LogP contribution < -0.4 is 10.0 Å². The normalized spacial score (nSPS) is 13.9. The first-order valence-corrected chi connectivity index (χ1v) is 10.6. The Morgan fingerprint density at radius 3 is 2.00 bits per heavy atom. The second-order valence-corrected chi connectivity index (χ2v) is 8.53. The highest BCUT2D eigenvalue weighted by atomic mass is 32.2. The van der Waals surface area contributed by atoms with E-state index in [-0.39, 0.29) is 16.8 Å². The van der Waals surface area contributed by atoms with Crippen molar-refractivity contribution in [2.45, 2.75) is 23.8 Å². The van der Waals surface area contributed by atoms with Crippen molar-refractivity contribution in [1.82, 2.24) is 4.72 Å². The fraction of sp³-hybridized carbons (Fsp3) is 0.136. The fourth-order valence-corrected chi connectivity index (χ4v) is 4.16. The number of benzene rings is 3. The maximum Gasteiger partial charge on any atom is 0.255 e. The summed E-state index contributed by atoms with van der Waals surface area (Å²) in [4.78, 5) is 12.6. The minimum atomic E-state index is -3.51. The van der Waals surface area contributed by atoms with Crippen molar-refractivity contribution in [1.29, 1.82) is 0 Å². The maximum absolute atomic E-state index is 12.4. The largest absolute Gasteiger partial charge is 0.322 e. The molecule has 28 heavy (non-hydrogen) atoms. The standard InChI is InChI=1S/C22H20N2O3S/c25-22(18-8-14-21(15-9-18)28(26,27)24-20-12-13-20)23-19-10-6-17(7-11-19)16-4-2-1-3-5-16/h1-11,14-15,20,24H,12-13H2,(H,23,25). The molecule has 2 N–H and O–H groups in total. The zero-order chi connectivity index (χ0) is 19.6. The van der Waals surface area contributed by atoms with Crippen molar-refractivity contribution < 1.29 is 13.2 Å². The molecule has 5 nitrogen and oxygen atoms in total. The molecule has 1 aliphatic carbocycles. The van der Waals surface area contributed by atoms with E-state index in [1.54, 1.807) is 0 Å². The molecule has 0 aliphatic heterocycles. The van der Waals surface area contributed by atoms with Gasteiger partial charge < -0.3 is 5.32 Å². The summed E-state index contributed by atoms with van der Waals surface area (Å²) in [5, 5.41) is 2.83. The van der Waals surface area contributed by atoms with Crippen molar-refractivity contribution >= 4 is 21.6 Å². The Hall–Kier alpha value is -2.96. The molecule has 142 valence electrons. The first kappa shape index (κ1) is 18.4. The van der Waals surface area contributed by atoms with E-state index in [9.17, 15) is 13.2 Å². The summed E-state index contributed by atoms with van der Waals surface area (Å²) in [7, 11) is -3.51. The van der Waals surface area contributed by atoms with Gasteiger partial charge in [-0.3, -0.25) is 4.79 Å². The van der Waals surface area contributed by atoms with Crippen molar-refractivity contribution in [3.8, 4) is 11.1 Å². The second-order valence-electron chi connectivity index (χ2n) is 6.82. The van der Waals surface area contributed by atoms with Gasteiger partial charge in [0.05, 0.1) is 4.90 Å². The summed E-state index contributed by atoms with van der Waals surface area (Å²) in [6, 6.07) is 23.6. The SMILES string of the molecule is O=C(Nc1ccc(-c2ccccc2)cc1)c1ccc(S(=O)(=O)NC2CC2)cc1. The first-order valence-electron chi connectivity index (χ1n) is 9.10. The van der Waals surface area contributed by atoms with Crippen LogP contribution in [0.15, 0.2) is 83.8 Å². The van der Waals surface area contributed by atoms with Crippen molar-refractivity contribution in [2.75, 3.05) is 5.32 Å². The maximum atomic E-state index is 12.4. The van der Waals surface area contributed by atoms with Gasteiger partial charge >= 0.3 is 0 Å². The van der Waals surface area contributed by atoms with Gasteiger partial charge in [-0.1, -0.05) is 42.5 Å². The van der Waals surface area contributed by atoms with Crippen LogP contribution in [0.4, 0.5) is 5.69 Å². The molecule has 1 saturated carbocycles. The molecule has 0 saturated heterocycles. The number of nitrogens with one attached hydrogen (secondary N) is 2. The molecule has 0 heterocycles. The van der Waals surface area contributed by atoms with Gasteiger partial charge in [-0.05, 0) is 60.4 Å². The molecule has 1 fully saturated rings. The summed E-state index contributed by atoms with van der Waals surface area (Å²) in [6.07, 6.45) is 1.76. The minimum Gasteiger partial charge on any atom is -0.322 e. The number of rotatable bonds is 6. The Bertz CT molecular complexity index is 1070. The molecular weight excluding hydrogens is 372 g/mol. The minimum absolute atomic E-state index is 0.0480. The van der Waals surface area contributed by atoms with Crippen LogP contribution in [0.5, 0.6) is 0 Å². The first-order chi connectivity index (χ1) is 13.5. The Balaban J connectivity index is 1.43. The van der Waals surface area contributed by atoms with E-state index in [2.05, 4.69) is 10.0 Å². The van der Waals surface area contributed by atoms with E-state index in [1.807, 2.05) is 54.6 Å². The van der Waals surface area contributed by atoms with Crippen molar-refractivity contribution in [3.05, 3.63) is 84.4 Å². The lowest BCUT2D eigenvalue weighted by molar-refractivity contribution is 0.102. The van der Waals surface area contributed by atoms with Crippen molar-refractivity contribution in [2.24, 2.45) is 0 Å². The fourth-order valence-electron chi connectivity index (χ4n) is 2.85. The molecule has 3 aromatic rings. The Kier molecular flexibility index (Phi) is 4.98. The lowest BCUT2D eigenvalue weighted by Crippen LogP contribution is -2.25. The van der Waals surface area contributed by atoms with Crippen molar-refractivity contribution in [3.63, 3.8) is 0 Å². The third kappa shape index (κ3) is 4.30. The highest BCUT2D eigenvalue weighted by molar-refractivity contribution is 7.89. The van der Waals surface area contributed by atoms with Gasteiger partial charge in [-0.15, -0.1) is 0 Å². The summed E-state index contributed by atoms with van der Waals surface area (Å²) < 4.78 is 27.0. The molecule has 0 unspecified atom stereocenters. The lowest BCUT2D eigenvalue weighted by atomic mass is 10.1. The van der Waals surface area contributed by atoms with Crippen LogP contribution in [-0.2, 0) is 10.0 Å². The van der Waals surface area contributed by atoms with Gasteiger partial charge in [0.2, 0.25) is 10.0 Å². The molecule has 6 heteroatoms. The molecule has 0 radical (unpaired) electrons. The third-order valence-electron chi connectivity index (χ3n) is 4.58. The van der Waals surface area contributed by atoms with E-state index in [1.165, 1.54) is 24.3 Å². The quantitative estimate of drug-likeness (QED) is 0.665. The topological polar surface area (TPSA) is 75.3 Å². The van der Waals surface area contributed by atoms with Gasteiger partial charge in [0, 0.05) is 17.3 Å². The van der Waals surface area contributed by atoms with E-state index in [0.29, 0.717) is 11.3 Å². The molecule has 4 rings (SSSR count). The van der Waals surface area contributed by atoms with Crippen LogP contribution in [0.1, 0.15) is 23.2 Å². The van der Waals surface area contributed by atoms with Crippen LogP contribution in [0.3, 0.4) is 0 Å². The van der Waals surface area contributed by atoms with Crippen LogP contribution in [0.25, 0.3) is 11.1 Å². The highest BCUT2D eigenvalue weighted by Crippen LogP contribution is 2.23. The van der Waals surface area contributed by atoms with E-state index < -0.39 is 10.0 Å². The molecule has 0 aromatic heterocycles. The van der Waals surface area contributed by atoms with Gasteiger partial charge in [-0.25, -0.2) is 13.1 Å². The lowest BCUT2D eigenvalue weighted by Gasteiger charge is -2.08. The van der Waals surface area contributed by atoms with Gasteiger partial charge in [0.15, 0.2) is 0 Å². The van der Waals surface area contributed by atoms with Crippen LogP contribution in [0, 0.1) is 0 Å². The van der Waals surface area contributed by atoms with Gasteiger partial charge in [0.1, 0.15) is 0 Å². The predicted octanol–water partition coefficient (Wildman–Crippen LogP) is 4.05. The summed E-state index contributed by atoms with van der Waals surface area (Å²) in [5.74, 6) is -0.286. The van der Waals surface area contributed by atoms with E-state index in [4.69, 9.17) is 0 Å². The van der Waals surface area contributed by atoms with Gasteiger partial charge in [0.25, 0.3) is 5.91 Å². The molecule has 0 spiro atoms. The number of amides is 1. The average molecular weight is 392 g/mol. The zero-order valence-corrected chi connectivity index (χ0v) is 15.9. The summed E-state index contributed by atoms with van der Waals surface area (Å²) in [5.41, 5.74) is 3.25. The zero-order valence-electron chi connectivity index (χ0n) is 15.1. The molecule has 3 aromatic carbocycles. The van der Waals surface area contributed by atoms with Crippen LogP contribution >= 0.6 is 0 Å². The average Bonchev–Trinajstić information content (AvgIpc) is 3.53. The summed E-state index contributed by atoms with van der Waals surface area (Å²) in [6.45, 7) is 0. The number of anilines is 1. The predicted molar refractivity (Wildman–Crippen MR) is 110 cm³/mol. The number of sulfonamides is 1. The van der Waals surface area contributed by atoms with Gasteiger partial charge in [-0.2, -0.15) is 0 Å². The van der Waals surface area contributed by atoms with E-state index in [0.717, 1.165) is 24.0 Å². The number of hydrogen-bond acceptors (Lipinski definition) is 3. The van der Waals surface area contributed by atoms with Crippen LogP contribution in [0.2, 0.25) is 0 Å². The second kappa shape index (κ2) is 7.58. The molecular formula is C22H20N2O3S. The molecule has 1 aliphatic rings. The Morgan fingerprint density at radius 1 is 0.786 bits per heavy atom.